The van der Waals surface area contributed by atoms with E-state index >= 15 is 4.79 Å². The van der Waals surface area contributed by atoms with Gasteiger partial charge in [-0.15, -0.1) is 0 Å². The maximum absolute atomic E-state index is 15.0. The van der Waals surface area contributed by atoms with Crippen molar-refractivity contribution in [3.05, 3.63) is 106 Å². The van der Waals surface area contributed by atoms with Crippen LogP contribution < -0.4 is 47.7 Å². The van der Waals surface area contributed by atoms with E-state index in [9.17, 15) is 108 Å². The maximum atomic E-state index is 15.0. The zero-order valence-electron chi connectivity index (χ0n) is 63.6. The number of carboxylic acids is 4. The number of carbonyl (C=O) groups excluding carboxylic acids is 11. The third kappa shape index (κ3) is 20.5. The summed E-state index contributed by atoms with van der Waals surface area (Å²) in [6, 6.07) is 3.45. The van der Waals surface area contributed by atoms with Gasteiger partial charge in [-0.3, -0.25) is 62.3 Å². The number of hydrogen-bond donors (Lipinski definition) is 16. The van der Waals surface area contributed by atoms with Gasteiger partial charge in [0.15, 0.2) is 22.9 Å². The number of oxime groups is 1. The summed E-state index contributed by atoms with van der Waals surface area (Å²) in [4.78, 5) is 212. The summed E-state index contributed by atoms with van der Waals surface area (Å²) >= 11 is 5.63. The van der Waals surface area contributed by atoms with Crippen molar-refractivity contribution in [1.82, 2.24) is 51.5 Å². The fourth-order valence-corrected chi connectivity index (χ4v) is 15.5. The SMILES string of the molecule is C[C@H](NC(=O)[C@@H](NC(=O)[C@@H]1CCCN1C(=O)[C@H](CCC(=O)O)NC(=O)[C@@H]1CCCN1C(=O)CCCCNC(=S)Nc1ccc2c(c1)C1(OC2=O)c2ccc(O)cc2Oc2cc(O)ccc21)[C@@H](C)O)C(=O)N1CCCCC1C(=O)N1CC[C@H](O/N=C\c2ccc(O)c(C(=O)O)c2)[C@H]1C(=O)N[C@@H](CCC(=O)O)C(=O)N[C@@H](CCC(=O)O)C(N)=O. The van der Waals surface area contributed by atoms with Gasteiger partial charge in [0.05, 0.1) is 17.9 Å². The predicted molar refractivity (Wildman–Crippen MR) is 409 cm³/mol. The van der Waals surface area contributed by atoms with Gasteiger partial charge in [-0.1, -0.05) is 5.16 Å². The number of unbranched alkanes of at least 4 members (excludes halogenated alkanes) is 1. The number of aliphatic hydroxyl groups excluding tert-OH is 1. The minimum atomic E-state index is -1.80. The number of likely N-dealkylation sites (tertiary alicyclic amines) is 4. The summed E-state index contributed by atoms with van der Waals surface area (Å²) in [6.07, 6.45) is -3.38. The summed E-state index contributed by atoms with van der Waals surface area (Å²) < 4.78 is 12.2. The van der Waals surface area contributed by atoms with Gasteiger partial charge in [0.25, 0.3) is 0 Å². The molecule has 6 heterocycles. The van der Waals surface area contributed by atoms with E-state index in [1.807, 2.05) is 0 Å². The first-order valence-electron chi connectivity index (χ1n) is 38.0. The summed E-state index contributed by atoms with van der Waals surface area (Å²) in [5.41, 5.74) is 5.56. The van der Waals surface area contributed by atoms with Gasteiger partial charge in [0, 0.05) is 99.3 Å². The first-order valence-corrected chi connectivity index (χ1v) is 38.5. The van der Waals surface area contributed by atoms with Crippen LogP contribution in [0.1, 0.15) is 166 Å². The molecule has 0 aliphatic carbocycles. The second kappa shape index (κ2) is 38.1. The molecule has 4 saturated heterocycles. The van der Waals surface area contributed by atoms with Gasteiger partial charge < -0.3 is 118 Å². The number of piperidine rings is 1. The molecule has 1 unspecified atom stereocenters. The number of rotatable bonds is 34. The Bertz CT molecular complexity index is 4570. The van der Waals surface area contributed by atoms with Crippen LogP contribution in [0.2, 0.25) is 0 Å². The molecular weight excluding hydrogens is 1550 g/mol. The number of esters is 1. The molecule has 4 aromatic carbocycles. The van der Waals surface area contributed by atoms with E-state index in [2.05, 4.69) is 42.4 Å². The number of ether oxygens (including phenoxy) is 2. The number of fused-ring (bicyclic) bond motifs is 6. The van der Waals surface area contributed by atoms with Crippen LogP contribution in [-0.4, -0.2) is 260 Å². The molecule has 6 aliphatic rings. The lowest BCUT2D eigenvalue weighted by atomic mass is 9.77. The number of aromatic hydroxyl groups is 3. The lowest BCUT2D eigenvalue weighted by Crippen LogP contribution is -2.62. The minimum Gasteiger partial charge on any atom is -0.508 e. The van der Waals surface area contributed by atoms with Crippen LogP contribution in [-0.2, 0) is 77.5 Å². The molecular formula is C77H91N13O26S. The summed E-state index contributed by atoms with van der Waals surface area (Å²) in [7, 11) is 0. The number of aromatic carboxylic acids is 1. The highest BCUT2D eigenvalue weighted by Gasteiger charge is 2.55. The highest BCUT2D eigenvalue weighted by molar-refractivity contribution is 7.80. The third-order valence-electron chi connectivity index (χ3n) is 21.1. The van der Waals surface area contributed by atoms with Crippen molar-refractivity contribution in [2.24, 2.45) is 10.9 Å². The molecule has 10 rings (SSSR count). The molecule has 11 atom stereocenters. The Morgan fingerprint density at radius 2 is 1.20 bits per heavy atom. The Labute approximate surface area is 672 Å². The zero-order valence-corrected chi connectivity index (χ0v) is 64.4. The Morgan fingerprint density at radius 3 is 1.83 bits per heavy atom. The lowest BCUT2D eigenvalue weighted by molar-refractivity contribution is -0.153. The Kier molecular flexibility index (Phi) is 28.2. The third-order valence-corrected chi connectivity index (χ3v) is 21.3. The van der Waals surface area contributed by atoms with E-state index < -0.39 is 205 Å². The van der Waals surface area contributed by atoms with Gasteiger partial charge in [0.1, 0.15) is 82.6 Å². The second-order valence-corrected chi connectivity index (χ2v) is 29.6. The molecule has 0 bridgehead atoms. The average Bonchev–Trinajstić information content (AvgIpc) is 1.58. The monoisotopic (exact) mass is 1650 g/mol. The highest BCUT2D eigenvalue weighted by atomic mass is 32.1. The molecule has 117 heavy (non-hydrogen) atoms. The van der Waals surface area contributed by atoms with E-state index in [0.29, 0.717) is 61.0 Å². The molecule has 40 heteroatoms. The fraction of sp³-hybridized carbons (Fsp3) is 0.468. The van der Waals surface area contributed by atoms with E-state index in [0.717, 1.165) is 40.0 Å². The highest BCUT2D eigenvalue weighted by Crippen LogP contribution is 2.57. The number of nitrogens with zero attached hydrogens (tertiary/aromatic N) is 5. The molecule has 0 saturated carbocycles. The molecule has 0 radical (unpaired) electrons. The lowest BCUT2D eigenvalue weighted by Gasteiger charge is -2.39. The van der Waals surface area contributed by atoms with Crippen LogP contribution >= 0.6 is 12.2 Å². The number of benzene rings is 4. The number of carboxylic acid groups (broad SMARTS) is 4. The molecule has 39 nitrogen and oxygen atoms in total. The summed E-state index contributed by atoms with van der Waals surface area (Å²) in [5, 5.41) is 103. The summed E-state index contributed by atoms with van der Waals surface area (Å²) in [5.74, 6) is -15.7. The van der Waals surface area contributed by atoms with Crippen LogP contribution in [0.5, 0.6) is 28.7 Å². The molecule has 4 aromatic rings. The van der Waals surface area contributed by atoms with Crippen molar-refractivity contribution in [3.63, 3.8) is 0 Å². The number of aliphatic hydroxyl groups is 1. The Hall–Kier alpha value is -12.8. The van der Waals surface area contributed by atoms with Crippen LogP contribution in [0.25, 0.3) is 0 Å². The van der Waals surface area contributed by atoms with Crippen LogP contribution in [0.4, 0.5) is 5.69 Å². The smallest absolute Gasteiger partial charge is 0.340 e. The number of phenolic OH excluding ortho intramolecular Hbond substituents is 2. The Morgan fingerprint density at radius 1 is 0.607 bits per heavy atom. The predicted octanol–water partition coefficient (Wildman–Crippen LogP) is 0.814. The molecule has 626 valence electrons. The van der Waals surface area contributed by atoms with Gasteiger partial charge in [-0.25, -0.2) is 9.59 Å². The number of aliphatic carboxylic acids is 3. The molecule has 10 amide bonds. The summed E-state index contributed by atoms with van der Waals surface area (Å²) in [6.45, 7) is 2.49. The van der Waals surface area contributed by atoms with Crippen molar-refractivity contribution in [2.45, 2.75) is 195 Å². The fourth-order valence-electron chi connectivity index (χ4n) is 15.3. The molecule has 6 aliphatic heterocycles. The second-order valence-electron chi connectivity index (χ2n) is 29.2. The van der Waals surface area contributed by atoms with Crippen molar-refractivity contribution >= 4 is 118 Å². The first-order chi connectivity index (χ1) is 55.6. The number of thiocarbonyl (C=S) groups is 1. The van der Waals surface area contributed by atoms with Crippen LogP contribution in [0.3, 0.4) is 0 Å². The topological polar surface area (TPSA) is 581 Å². The van der Waals surface area contributed by atoms with Crippen molar-refractivity contribution < 1.29 is 127 Å². The van der Waals surface area contributed by atoms with E-state index in [-0.39, 0.29) is 110 Å². The largest absolute Gasteiger partial charge is 0.508 e. The number of anilines is 1. The van der Waals surface area contributed by atoms with Gasteiger partial charge in [0.2, 0.25) is 59.1 Å². The van der Waals surface area contributed by atoms with E-state index in [1.165, 1.54) is 42.2 Å². The van der Waals surface area contributed by atoms with Gasteiger partial charge >= 0.3 is 29.8 Å². The molecule has 4 fully saturated rings. The minimum absolute atomic E-state index is 0.00824. The van der Waals surface area contributed by atoms with Crippen molar-refractivity contribution in [1.29, 1.82) is 0 Å². The number of primary amides is 1. The molecule has 17 N–H and O–H groups in total. The van der Waals surface area contributed by atoms with E-state index in [4.69, 9.17) is 32.3 Å². The number of nitrogens with one attached hydrogen (secondary N) is 7. The van der Waals surface area contributed by atoms with E-state index in [1.54, 1.807) is 30.3 Å². The Balaban J connectivity index is 0.741. The first kappa shape index (κ1) is 86.7. The molecule has 0 aromatic heterocycles. The van der Waals surface area contributed by atoms with Gasteiger partial charge in [-0.05, 0) is 169 Å². The number of carbonyl (C=O) groups is 15. The quantitative estimate of drug-likeness (QED) is 0.0101. The number of hydrogen-bond acceptors (Lipinski definition) is 24. The number of phenols is 3. The average molecular weight is 1650 g/mol. The number of nitrogens with two attached hydrogens (primary N) is 1. The normalized spacial score (nSPS) is 19.8. The van der Waals surface area contributed by atoms with Crippen molar-refractivity contribution in [3.8, 4) is 28.7 Å². The maximum Gasteiger partial charge on any atom is 0.340 e. The van der Waals surface area contributed by atoms with Crippen LogP contribution in [0.15, 0.2) is 78.0 Å². The standard InChI is InChI=1S/C77H91N13O26S/c1-38(71(108)89-29-6-4-9-54(89)73(110)90-32-27-56(116-80-37-40-13-23-55(94)45(33-40)74(111)112)64(90)70(107)84-50(21-25-61(98)99)66(103)83-49(65(78)102)20-24-60(96)97)81-69(106)63(39(2)91)86-68(105)53-11-8-31-88(53)72(109)51(22-26-62(100)101)85-67(104)52-10-7-30-87(52)59(95)12-3-5-28-79-76(117)82-41-14-17-44-48(34-41)77(115-75(44)113)46-18-15-42(92)35-57(46)114-58-36-43(93)16-19-47(58)77/h13-19,23,33-39,49-54,56,63-64,91-94H,3-12,20-22,24-32H2,1-2H3,(H2,78,102)(H,81,106)(H,83,103)(H,84,107)(H,85,104)(H,86,105)(H,96,97)(H,98,99)(H,100,101)(H,111,112)(H2,79,82,117)/b80-37-/t38-,39+,49-,50-,51-,52-,53-,54?,56-,63-,64-/m0/s1. The van der Waals surface area contributed by atoms with Gasteiger partial charge in [-0.2, -0.15) is 0 Å². The van der Waals surface area contributed by atoms with Crippen molar-refractivity contribution in [2.75, 3.05) is 38.0 Å². The molecule has 1 spiro atoms. The van der Waals surface area contributed by atoms with Crippen LogP contribution in [0, 0.1) is 0 Å². The zero-order chi connectivity index (χ0) is 84.9. The number of amides is 10.